The monoisotopic (exact) mass is 403 g/mol. The van der Waals surface area contributed by atoms with Crippen LogP contribution in [0.15, 0.2) is 47.4 Å². The van der Waals surface area contributed by atoms with Crippen molar-refractivity contribution in [2.24, 2.45) is 0 Å². The number of piperazine rings is 1. The maximum atomic E-state index is 13.7. The third kappa shape index (κ3) is 5.80. The van der Waals surface area contributed by atoms with Crippen LogP contribution in [0, 0.1) is 19.7 Å². The Morgan fingerprint density at radius 3 is 2.32 bits per heavy atom. The number of rotatable bonds is 7. The second-order valence-electron chi connectivity index (χ2n) is 7.52. The average Bonchev–Trinajstić information content (AvgIpc) is 2.68. The molecule has 0 radical (unpaired) electrons. The van der Waals surface area contributed by atoms with Crippen molar-refractivity contribution in [2.75, 3.05) is 50.3 Å². The van der Waals surface area contributed by atoms with E-state index in [1.54, 1.807) is 22.7 Å². The van der Waals surface area contributed by atoms with Crippen LogP contribution >= 0.6 is 11.8 Å². The van der Waals surface area contributed by atoms with Crippen molar-refractivity contribution in [3.8, 4) is 0 Å². The number of quaternary nitrogens is 2. The molecule has 0 aliphatic carbocycles. The van der Waals surface area contributed by atoms with Crippen molar-refractivity contribution in [3.05, 3.63) is 59.4 Å². The summed E-state index contributed by atoms with van der Waals surface area (Å²) in [7, 11) is 0. The van der Waals surface area contributed by atoms with Gasteiger partial charge in [-0.3, -0.25) is 4.79 Å². The molecular weight excluding hydrogens is 373 g/mol. The fraction of sp³-hybridized carbons (Fsp3) is 0.409. The van der Waals surface area contributed by atoms with Gasteiger partial charge < -0.3 is 15.1 Å². The number of halogens is 1. The van der Waals surface area contributed by atoms with Gasteiger partial charge in [0.15, 0.2) is 6.54 Å². The zero-order valence-electron chi connectivity index (χ0n) is 16.7. The van der Waals surface area contributed by atoms with Gasteiger partial charge in [-0.05, 0) is 37.1 Å². The van der Waals surface area contributed by atoms with E-state index in [4.69, 9.17) is 0 Å². The van der Waals surface area contributed by atoms with Gasteiger partial charge in [-0.15, -0.1) is 11.8 Å². The normalized spacial score (nSPS) is 19.4. The summed E-state index contributed by atoms with van der Waals surface area (Å²) in [4.78, 5) is 16.1. The molecule has 1 amide bonds. The molecule has 1 fully saturated rings. The van der Waals surface area contributed by atoms with Crippen LogP contribution in [0.5, 0.6) is 0 Å². The van der Waals surface area contributed by atoms with Gasteiger partial charge in [0.05, 0.1) is 6.54 Å². The van der Waals surface area contributed by atoms with Gasteiger partial charge in [0.2, 0.25) is 0 Å². The van der Waals surface area contributed by atoms with Gasteiger partial charge in [-0.25, -0.2) is 4.39 Å². The molecule has 1 aliphatic rings. The molecular formula is C22H30FN3OS+2. The standard InChI is InChI=1S/C22H28FN3OS/c1-17-6-5-7-18(2)22(17)24-21(27)16-26-12-10-25(11-13-26)14-15-28-20-9-4-3-8-19(20)23/h3-9H,10-16H2,1-2H3,(H,24,27)/p+2. The Morgan fingerprint density at radius 1 is 1.00 bits per heavy atom. The van der Waals surface area contributed by atoms with Crippen LogP contribution in [-0.2, 0) is 4.79 Å². The Morgan fingerprint density at radius 2 is 1.64 bits per heavy atom. The first-order valence-corrected chi connectivity index (χ1v) is 10.9. The SMILES string of the molecule is Cc1cccc(C)c1NC(=O)C[NH+]1CC[NH+](CCSc2ccccc2F)CC1. The molecule has 1 heterocycles. The highest BCUT2D eigenvalue weighted by Crippen LogP contribution is 2.20. The molecule has 2 aromatic rings. The van der Waals surface area contributed by atoms with Crippen LogP contribution in [0.25, 0.3) is 0 Å². The fourth-order valence-corrected chi connectivity index (χ4v) is 4.66. The fourth-order valence-electron chi connectivity index (χ4n) is 3.67. The first kappa shape index (κ1) is 20.8. The smallest absolute Gasteiger partial charge is 0.279 e. The predicted octanol–water partition coefficient (Wildman–Crippen LogP) is 0.957. The van der Waals surface area contributed by atoms with Crippen molar-refractivity contribution < 1.29 is 19.0 Å². The minimum Gasteiger partial charge on any atom is -0.325 e. The van der Waals surface area contributed by atoms with E-state index in [2.05, 4.69) is 5.32 Å². The lowest BCUT2D eigenvalue weighted by Gasteiger charge is -2.29. The molecule has 2 aromatic carbocycles. The molecule has 6 heteroatoms. The van der Waals surface area contributed by atoms with E-state index < -0.39 is 0 Å². The summed E-state index contributed by atoms with van der Waals surface area (Å²) in [5.41, 5.74) is 3.15. The van der Waals surface area contributed by atoms with E-state index in [0.717, 1.165) is 60.2 Å². The number of thioether (sulfide) groups is 1. The lowest BCUT2D eigenvalue weighted by Crippen LogP contribution is -3.28. The highest BCUT2D eigenvalue weighted by Gasteiger charge is 2.24. The highest BCUT2D eigenvalue weighted by molar-refractivity contribution is 7.99. The third-order valence-electron chi connectivity index (χ3n) is 5.37. The lowest BCUT2D eigenvalue weighted by molar-refractivity contribution is -1.01. The molecule has 0 aromatic heterocycles. The largest absolute Gasteiger partial charge is 0.325 e. The van der Waals surface area contributed by atoms with Crippen molar-refractivity contribution in [1.29, 1.82) is 0 Å². The second-order valence-corrected chi connectivity index (χ2v) is 8.66. The van der Waals surface area contributed by atoms with E-state index in [0.29, 0.717) is 6.54 Å². The van der Waals surface area contributed by atoms with E-state index in [1.807, 2.05) is 44.2 Å². The minimum atomic E-state index is -0.133. The maximum Gasteiger partial charge on any atom is 0.279 e. The molecule has 3 rings (SSSR count). The number of hydrogen-bond donors (Lipinski definition) is 3. The topological polar surface area (TPSA) is 38.0 Å². The van der Waals surface area contributed by atoms with Crippen LogP contribution in [0.2, 0.25) is 0 Å². The summed E-state index contributed by atoms with van der Waals surface area (Å²) in [6, 6.07) is 13.0. The molecule has 0 atom stereocenters. The zero-order valence-corrected chi connectivity index (χ0v) is 17.5. The summed E-state index contributed by atoms with van der Waals surface area (Å²) in [5, 5.41) is 3.09. The predicted molar refractivity (Wildman–Crippen MR) is 113 cm³/mol. The first-order valence-electron chi connectivity index (χ1n) is 9.93. The zero-order chi connectivity index (χ0) is 19.9. The number of benzene rings is 2. The number of hydrogen-bond acceptors (Lipinski definition) is 2. The molecule has 150 valence electrons. The number of nitrogens with one attached hydrogen (secondary N) is 3. The van der Waals surface area contributed by atoms with Crippen molar-refractivity contribution in [3.63, 3.8) is 0 Å². The van der Waals surface area contributed by atoms with Crippen LogP contribution < -0.4 is 15.1 Å². The Labute approximate surface area is 171 Å². The van der Waals surface area contributed by atoms with Crippen LogP contribution in [-0.4, -0.2) is 50.9 Å². The molecule has 0 saturated carbocycles. The average molecular weight is 404 g/mol. The van der Waals surface area contributed by atoms with Gasteiger partial charge in [-0.1, -0.05) is 30.3 Å². The number of amides is 1. The van der Waals surface area contributed by atoms with Gasteiger partial charge in [-0.2, -0.15) is 0 Å². The Balaban J connectivity index is 1.38. The Hall–Kier alpha value is -1.89. The lowest BCUT2D eigenvalue weighted by atomic mass is 10.1. The van der Waals surface area contributed by atoms with Crippen molar-refractivity contribution >= 4 is 23.4 Å². The molecule has 3 N–H and O–H groups in total. The van der Waals surface area contributed by atoms with Crippen LogP contribution in [0.1, 0.15) is 11.1 Å². The van der Waals surface area contributed by atoms with Crippen LogP contribution in [0.4, 0.5) is 10.1 Å². The highest BCUT2D eigenvalue weighted by atomic mass is 32.2. The summed E-state index contributed by atoms with van der Waals surface area (Å²) in [6.45, 7) is 9.72. The molecule has 28 heavy (non-hydrogen) atoms. The molecule has 1 saturated heterocycles. The third-order valence-corrected chi connectivity index (χ3v) is 6.42. The van der Waals surface area contributed by atoms with E-state index in [1.165, 1.54) is 11.0 Å². The Bertz CT molecular complexity index is 786. The van der Waals surface area contributed by atoms with Gasteiger partial charge in [0, 0.05) is 16.3 Å². The van der Waals surface area contributed by atoms with E-state index >= 15 is 0 Å². The number of anilines is 1. The summed E-state index contributed by atoms with van der Waals surface area (Å²) in [6.07, 6.45) is 0. The number of para-hydroxylation sites is 1. The first-order chi connectivity index (χ1) is 13.5. The van der Waals surface area contributed by atoms with Gasteiger partial charge >= 0.3 is 0 Å². The quantitative estimate of drug-likeness (QED) is 0.603. The molecule has 0 bridgehead atoms. The van der Waals surface area contributed by atoms with Crippen molar-refractivity contribution in [2.45, 2.75) is 18.7 Å². The molecule has 1 aliphatic heterocycles. The maximum absolute atomic E-state index is 13.7. The molecule has 0 unspecified atom stereocenters. The number of carbonyl (C=O) groups excluding carboxylic acids is 1. The number of carbonyl (C=O) groups is 1. The second kappa shape index (κ2) is 10.0. The van der Waals surface area contributed by atoms with E-state index in [-0.39, 0.29) is 11.7 Å². The number of aryl methyl sites for hydroxylation is 2. The minimum absolute atomic E-state index is 0.0889. The van der Waals surface area contributed by atoms with Gasteiger partial charge in [0.25, 0.3) is 5.91 Å². The molecule has 0 spiro atoms. The summed E-state index contributed by atoms with van der Waals surface area (Å²) >= 11 is 1.59. The van der Waals surface area contributed by atoms with Crippen LogP contribution in [0.3, 0.4) is 0 Å². The Kier molecular flexibility index (Phi) is 7.48. The molecule has 4 nitrogen and oxygen atoms in total. The summed E-state index contributed by atoms with van der Waals surface area (Å²) in [5.74, 6) is 0.871. The van der Waals surface area contributed by atoms with E-state index in [9.17, 15) is 9.18 Å². The summed E-state index contributed by atoms with van der Waals surface area (Å²) < 4.78 is 13.7. The van der Waals surface area contributed by atoms with Crippen molar-refractivity contribution in [1.82, 2.24) is 0 Å². The van der Waals surface area contributed by atoms with Gasteiger partial charge in [0.1, 0.15) is 32.0 Å².